The van der Waals surface area contributed by atoms with Crippen LogP contribution in [0.15, 0.2) is 24.3 Å². The summed E-state index contributed by atoms with van der Waals surface area (Å²) in [5.41, 5.74) is 1.23. The first-order valence-corrected chi connectivity index (χ1v) is 7.39. The minimum Gasteiger partial charge on any atom is -0.491 e. The zero-order chi connectivity index (χ0) is 14.8. The number of rotatable bonds is 10. The van der Waals surface area contributed by atoms with Crippen LogP contribution in [-0.2, 0) is 6.42 Å². The SMILES string of the molecule is CCc1cccc(OCC(O)CNC(C)CCCO)c1. The van der Waals surface area contributed by atoms with Crippen LogP contribution in [0.2, 0.25) is 0 Å². The van der Waals surface area contributed by atoms with E-state index in [9.17, 15) is 5.11 Å². The molecular weight excluding hydrogens is 254 g/mol. The third-order valence-electron chi connectivity index (χ3n) is 3.25. The van der Waals surface area contributed by atoms with Gasteiger partial charge in [-0.15, -0.1) is 0 Å². The molecule has 0 aliphatic carbocycles. The van der Waals surface area contributed by atoms with Gasteiger partial charge in [-0.2, -0.15) is 0 Å². The van der Waals surface area contributed by atoms with Crippen molar-refractivity contribution in [1.82, 2.24) is 5.32 Å². The lowest BCUT2D eigenvalue weighted by atomic mass is 10.2. The molecule has 20 heavy (non-hydrogen) atoms. The van der Waals surface area contributed by atoms with E-state index < -0.39 is 6.10 Å². The van der Waals surface area contributed by atoms with Crippen LogP contribution >= 0.6 is 0 Å². The molecule has 0 saturated heterocycles. The first kappa shape index (κ1) is 17.0. The quantitative estimate of drug-likeness (QED) is 0.611. The molecule has 1 aromatic rings. The van der Waals surface area contributed by atoms with Gasteiger partial charge in [-0.25, -0.2) is 0 Å². The van der Waals surface area contributed by atoms with Gasteiger partial charge in [0.1, 0.15) is 18.5 Å². The van der Waals surface area contributed by atoms with Crippen molar-refractivity contribution >= 4 is 0 Å². The van der Waals surface area contributed by atoms with E-state index in [-0.39, 0.29) is 13.2 Å². The van der Waals surface area contributed by atoms with Gasteiger partial charge in [-0.3, -0.25) is 0 Å². The van der Waals surface area contributed by atoms with Crippen LogP contribution in [0, 0.1) is 0 Å². The van der Waals surface area contributed by atoms with E-state index in [4.69, 9.17) is 9.84 Å². The smallest absolute Gasteiger partial charge is 0.119 e. The van der Waals surface area contributed by atoms with Crippen LogP contribution in [0.1, 0.15) is 32.3 Å². The number of aliphatic hydroxyl groups excluding tert-OH is 2. The van der Waals surface area contributed by atoms with Gasteiger partial charge in [0, 0.05) is 19.2 Å². The van der Waals surface area contributed by atoms with Gasteiger partial charge in [0.15, 0.2) is 0 Å². The zero-order valence-electron chi connectivity index (χ0n) is 12.5. The van der Waals surface area contributed by atoms with E-state index in [2.05, 4.69) is 18.3 Å². The fraction of sp³-hybridized carbons (Fsp3) is 0.625. The summed E-state index contributed by atoms with van der Waals surface area (Å²) in [6.45, 7) is 5.15. The average molecular weight is 281 g/mol. The van der Waals surface area contributed by atoms with Crippen molar-refractivity contribution in [2.75, 3.05) is 19.8 Å². The van der Waals surface area contributed by atoms with Crippen molar-refractivity contribution in [3.8, 4) is 5.75 Å². The maximum absolute atomic E-state index is 9.87. The first-order chi connectivity index (χ1) is 9.65. The molecule has 0 aromatic heterocycles. The highest BCUT2D eigenvalue weighted by Crippen LogP contribution is 2.13. The predicted octanol–water partition coefficient (Wildman–Crippen LogP) is 1.74. The number of aryl methyl sites for hydroxylation is 1. The molecule has 4 nitrogen and oxygen atoms in total. The Kier molecular flexibility index (Phi) is 8.26. The summed E-state index contributed by atoms with van der Waals surface area (Å²) in [6.07, 6.45) is 2.13. The summed E-state index contributed by atoms with van der Waals surface area (Å²) in [4.78, 5) is 0. The number of ether oxygens (including phenoxy) is 1. The molecule has 1 aromatic carbocycles. The monoisotopic (exact) mass is 281 g/mol. The number of hydrogen-bond donors (Lipinski definition) is 3. The van der Waals surface area contributed by atoms with Crippen LogP contribution in [0.4, 0.5) is 0 Å². The molecule has 0 amide bonds. The van der Waals surface area contributed by atoms with Crippen LogP contribution in [0.25, 0.3) is 0 Å². The Morgan fingerprint density at radius 2 is 2.15 bits per heavy atom. The molecule has 0 radical (unpaired) electrons. The molecule has 0 bridgehead atoms. The van der Waals surface area contributed by atoms with Crippen molar-refractivity contribution in [3.63, 3.8) is 0 Å². The molecule has 2 atom stereocenters. The molecule has 1 rings (SSSR count). The Bertz CT molecular complexity index is 370. The van der Waals surface area contributed by atoms with Crippen molar-refractivity contribution in [1.29, 1.82) is 0 Å². The number of hydrogen-bond acceptors (Lipinski definition) is 4. The van der Waals surface area contributed by atoms with Crippen LogP contribution in [0.5, 0.6) is 5.75 Å². The van der Waals surface area contributed by atoms with E-state index in [1.807, 2.05) is 25.1 Å². The Hall–Kier alpha value is -1.10. The maximum Gasteiger partial charge on any atom is 0.119 e. The largest absolute Gasteiger partial charge is 0.491 e. The molecule has 0 spiro atoms. The lowest BCUT2D eigenvalue weighted by Gasteiger charge is -2.17. The predicted molar refractivity (Wildman–Crippen MR) is 81.1 cm³/mol. The zero-order valence-corrected chi connectivity index (χ0v) is 12.5. The second kappa shape index (κ2) is 9.75. The molecule has 3 N–H and O–H groups in total. The Balaban J connectivity index is 2.23. The lowest BCUT2D eigenvalue weighted by molar-refractivity contribution is 0.103. The molecule has 114 valence electrons. The van der Waals surface area contributed by atoms with Crippen molar-refractivity contribution in [2.45, 2.75) is 45.3 Å². The first-order valence-electron chi connectivity index (χ1n) is 7.39. The van der Waals surface area contributed by atoms with Gasteiger partial charge < -0.3 is 20.3 Å². The van der Waals surface area contributed by atoms with Crippen LogP contribution < -0.4 is 10.1 Å². The summed E-state index contributed by atoms with van der Waals surface area (Å²) in [5, 5.41) is 21.9. The van der Waals surface area contributed by atoms with Crippen molar-refractivity contribution in [3.05, 3.63) is 29.8 Å². The fourth-order valence-electron chi connectivity index (χ4n) is 1.94. The molecule has 2 unspecified atom stereocenters. The van der Waals surface area contributed by atoms with E-state index >= 15 is 0 Å². The van der Waals surface area contributed by atoms with E-state index in [1.54, 1.807) is 0 Å². The van der Waals surface area contributed by atoms with Gasteiger partial charge in [0.2, 0.25) is 0 Å². The van der Waals surface area contributed by atoms with Gasteiger partial charge >= 0.3 is 0 Å². The highest BCUT2D eigenvalue weighted by molar-refractivity contribution is 5.28. The molecule has 0 aliphatic rings. The molecule has 4 heteroatoms. The highest BCUT2D eigenvalue weighted by Gasteiger charge is 2.08. The average Bonchev–Trinajstić information content (AvgIpc) is 2.49. The van der Waals surface area contributed by atoms with Crippen LogP contribution in [0.3, 0.4) is 0 Å². The maximum atomic E-state index is 9.87. The van der Waals surface area contributed by atoms with E-state index in [0.29, 0.717) is 12.6 Å². The summed E-state index contributed by atoms with van der Waals surface area (Å²) < 4.78 is 5.59. The summed E-state index contributed by atoms with van der Waals surface area (Å²) in [7, 11) is 0. The van der Waals surface area contributed by atoms with Gasteiger partial charge in [0.05, 0.1) is 0 Å². The standard InChI is InChI=1S/C16H27NO3/c1-3-14-7-4-8-16(10-14)20-12-15(19)11-17-13(2)6-5-9-18/h4,7-8,10,13,15,17-19H,3,5-6,9,11-12H2,1-2H3. The molecule has 0 fully saturated rings. The summed E-state index contributed by atoms with van der Waals surface area (Å²) in [6, 6.07) is 8.23. The minimum atomic E-state index is -0.531. The topological polar surface area (TPSA) is 61.7 Å². The van der Waals surface area contributed by atoms with Gasteiger partial charge in [0.25, 0.3) is 0 Å². The summed E-state index contributed by atoms with van der Waals surface area (Å²) in [5.74, 6) is 0.803. The molecule has 0 aliphatic heterocycles. The molecular formula is C16H27NO3. The normalized spacial score (nSPS) is 14.0. The number of nitrogens with one attached hydrogen (secondary N) is 1. The van der Waals surface area contributed by atoms with Crippen molar-refractivity contribution < 1.29 is 14.9 Å². The van der Waals surface area contributed by atoms with Crippen LogP contribution in [-0.4, -0.2) is 42.1 Å². The van der Waals surface area contributed by atoms with Gasteiger partial charge in [-0.1, -0.05) is 19.1 Å². The minimum absolute atomic E-state index is 0.214. The Morgan fingerprint density at radius 1 is 1.35 bits per heavy atom. The third-order valence-corrected chi connectivity index (χ3v) is 3.25. The number of aliphatic hydroxyl groups is 2. The summed E-state index contributed by atoms with van der Waals surface area (Å²) >= 11 is 0. The lowest BCUT2D eigenvalue weighted by Crippen LogP contribution is -2.36. The Morgan fingerprint density at radius 3 is 2.85 bits per heavy atom. The molecule has 0 heterocycles. The van der Waals surface area contributed by atoms with E-state index in [1.165, 1.54) is 5.56 Å². The van der Waals surface area contributed by atoms with Gasteiger partial charge in [-0.05, 0) is 43.9 Å². The van der Waals surface area contributed by atoms with E-state index in [0.717, 1.165) is 25.0 Å². The second-order valence-electron chi connectivity index (χ2n) is 5.14. The molecule has 0 saturated carbocycles. The highest BCUT2D eigenvalue weighted by atomic mass is 16.5. The van der Waals surface area contributed by atoms with Crippen molar-refractivity contribution in [2.24, 2.45) is 0 Å². The fourth-order valence-corrected chi connectivity index (χ4v) is 1.94. The Labute approximate surface area is 121 Å². The second-order valence-corrected chi connectivity index (χ2v) is 5.14. The number of benzene rings is 1. The third kappa shape index (κ3) is 6.89.